The van der Waals surface area contributed by atoms with Crippen molar-refractivity contribution in [3.05, 3.63) is 87.3 Å². The second-order valence-electron chi connectivity index (χ2n) is 7.45. The Kier molecular flexibility index (Phi) is 6.30. The molecule has 32 heavy (non-hydrogen) atoms. The summed E-state index contributed by atoms with van der Waals surface area (Å²) in [5.41, 5.74) is 3.25. The molecule has 8 heteroatoms. The normalized spacial score (nSPS) is 12.7. The van der Waals surface area contributed by atoms with E-state index in [1.807, 2.05) is 30.3 Å². The van der Waals surface area contributed by atoms with E-state index in [0.29, 0.717) is 48.8 Å². The first-order chi connectivity index (χ1) is 15.5. The second kappa shape index (κ2) is 9.47. The molecule has 4 rings (SSSR count). The van der Waals surface area contributed by atoms with Gasteiger partial charge >= 0.3 is 12.0 Å². The molecule has 1 aromatic heterocycles. The molecule has 2 heterocycles. The lowest BCUT2D eigenvalue weighted by atomic mass is 10.1. The molecular weight excluding hydrogens is 408 g/mol. The van der Waals surface area contributed by atoms with Crippen LogP contribution in [-0.4, -0.2) is 40.0 Å². The zero-order valence-corrected chi connectivity index (χ0v) is 17.8. The summed E-state index contributed by atoms with van der Waals surface area (Å²) < 4.78 is 4.97. The van der Waals surface area contributed by atoms with Crippen LogP contribution in [-0.2, 0) is 24.2 Å². The molecule has 0 spiro atoms. The van der Waals surface area contributed by atoms with Crippen LogP contribution in [0.1, 0.15) is 34.1 Å². The van der Waals surface area contributed by atoms with E-state index in [9.17, 15) is 14.4 Å². The average molecular weight is 432 g/mol. The number of amides is 2. The Bertz CT molecular complexity index is 1170. The summed E-state index contributed by atoms with van der Waals surface area (Å²) in [4.78, 5) is 46.1. The largest absolute Gasteiger partial charge is 0.462 e. The quantitative estimate of drug-likeness (QED) is 0.604. The van der Waals surface area contributed by atoms with Gasteiger partial charge in [-0.15, -0.1) is 0 Å². The van der Waals surface area contributed by atoms with Crippen LogP contribution in [0.3, 0.4) is 0 Å². The smallest absolute Gasteiger partial charge is 0.338 e. The molecule has 0 atom stereocenters. The SMILES string of the molecule is CCOC(=O)c1ccc(CNC(=O)N2CCc3c(nc(-c4ccccc4)[nH]c3=O)C2)cc1. The van der Waals surface area contributed by atoms with Gasteiger partial charge in [-0.25, -0.2) is 14.6 Å². The molecule has 0 saturated carbocycles. The van der Waals surface area contributed by atoms with Gasteiger partial charge in [0, 0.05) is 24.2 Å². The van der Waals surface area contributed by atoms with Crippen molar-refractivity contribution in [1.82, 2.24) is 20.2 Å². The molecule has 0 fully saturated rings. The summed E-state index contributed by atoms with van der Waals surface area (Å²) in [6.45, 7) is 3.12. The number of aromatic nitrogens is 2. The fourth-order valence-electron chi connectivity index (χ4n) is 3.61. The number of esters is 1. The lowest BCUT2D eigenvalue weighted by Gasteiger charge is -2.28. The van der Waals surface area contributed by atoms with Crippen molar-refractivity contribution in [3.63, 3.8) is 0 Å². The number of aromatic amines is 1. The van der Waals surface area contributed by atoms with E-state index in [1.165, 1.54) is 0 Å². The number of nitrogens with zero attached hydrogens (tertiary/aromatic N) is 2. The molecule has 8 nitrogen and oxygen atoms in total. The first-order valence-corrected chi connectivity index (χ1v) is 10.5. The maximum Gasteiger partial charge on any atom is 0.338 e. The summed E-state index contributed by atoms with van der Waals surface area (Å²) in [7, 11) is 0. The third-order valence-electron chi connectivity index (χ3n) is 5.32. The number of nitrogens with one attached hydrogen (secondary N) is 2. The third-order valence-corrected chi connectivity index (χ3v) is 5.32. The van der Waals surface area contributed by atoms with Crippen molar-refractivity contribution in [2.75, 3.05) is 13.2 Å². The summed E-state index contributed by atoms with van der Waals surface area (Å²) in [5.74, 6) is 0.130. The number of H-pyrrole nitrogens is 1. The van der Waals surface area contributed by atoms with Crippen molar-refractivity contribution in [3.8, 4) is 11.4 Å². The minimum Gasteiger partial charge on any atom is -0.462 e. The fourth-order valence-corrected chi connectivity index (χ4v) is 3.61. The Labute approximate surface area is 185 Å². The van der Waals surface area contributed by atoms with Crippen molar-refractivity contribution in [2.45, 2.75) is 26.4 Å². The summed E-state index contributed by atoms with van der Waals surface area (Å²) in [6, 6.07) is 16.1. The Balaban J connectivity index is 1.41. The lowest BCUT2D eigenvalue weighted by Crippen LogP contribution is -2.44. The minimum absolute atomic E-state index is 0.157. The Morgan fingerprint density at radius 2 is 1.88 bits per heavy atom. The number of benzene rings is 2. The van der Waals surface area contributed by atoms with E-state index >= 15 is 0 Å². The Morgan fingerprint density at radius 1 is 1.12 bits per heavy atom. The fraction of sp³-hybridized carbons (Fsp3) is 0.250. The zero-order valence-electron chi connectivity index (χ0n) is 17.8. The highest BCUT2D eigenvalue weighted by Gasteiger charge is 2.24. The number of carbonyl (C=O) groups is 2. The summed E-state index contributed by atoms with van der Waals surface area (Å²) >= 11 is 0. The number of fused-ring (bicyclic) bond motifs is 1. The molecule has 0 unspecified atom stereocenters. The van der Waals surface area contributed by atoms with E-state index in [2.05, 4.69) is 15.3 Å². The zero-order chi connectivity index (χ0) is 22.5. The number of hydrogen-bond donors (Lipinski definition) is 2. The van der Waals surface area contributed by atoms with Crippen molar-refractivity contribution in [1.29, 1.82) is 0 Å². The highest BCUT2D eigenvalue weighted by atomic mass is 16.5. The molecule has 2 amide bonds. The van der Waals surface area contributed by atoms with Crippen LogP contribution < -0.4 is 10.9 Å². The van der Waals surface area contributed by atoms with Gasteiger partial charge in [-0.05, 0) is 31.0 Å². The van der Waals surface area contributed by atoms with E-state index in [1.54, 1.807) is 36.1 Å². The standard InChI is InChI=1S/C24H24N4O4/c1-2-32-23(30)18-10-8-16(9-11-18)14-25-24(31)28-13-12-19-20(15-28)26-21(27-22(19)29)17-6-4-3-5-7-17/h3-11H,2,12-15H2,1H3,(H,25,31)(H,26,27,29). The maximum atomic E-state index is 12.7. The molecular formula is C24H24N4O4. The highest BCUT2D eigenvalue weighted by molar-refractivity contribution is 5.89. The molecule has 2 aromatic carbocycles. The van der Waals surface area contributed by atoms with Crippen LogP contribution in [0.5, 0.6) is 0 Å². The van der Waals surface area contributed by atoms with Gasteiger partial charge in [-0.1, -0.05) is 42.5 Å². The predicted molar refractivity (Wildman–Crippen MR) is 119 cm³/mol. The van der Waals surface area contributed by atoms with E-state index < -0.39 is 0 Å². The minimum atomic E-state index is -0.368. The first-order valence-electron chi connectivity index (χ1n) is 10.5. The van der Waals surface area contributed by atoms with Crippen molar-refractivity contribution < 1.29 is 14.3 Å². The molecule has 0 saturated heterocycles. The van der Waals surface area contributed by atoms with Crippen molar-refractivity contribution >= 4 is 12.0 Å². The number of rotatable bonds is 5. The molecule has 164 valence electrons. The number of carbonyl (C=O) groups excluding carboxylic acids is 2. The summed E-state index contributed by atoms with van der Waals surface area (Å²) in [5, 5.41) is 2.89. The average Bonchev–Trinajstić information content (AvgIpc) is 2.83. The first kappa shape index (κ1) is 21.3. The van der Waals surface area contributed by atoms with Gasteiger partial charge in [0.15, 0.2) is 0 Å². The molecule has 1 aliphatic heterocycles. The monoisotopic (exact) mass is 432 g/mol. The van der Waals surface area contributed by atoms with Gasteiger partial charge in [0.2, 0.25) is 0 Å². The van der Waals surface area contributed by atoms with Gasteiger partial charge in [0.25, 0.3) is 5.56 Å². The topological polar surface area (TPSA) is 104 Å². The van der Waals surface area contributed by atoms with Gasteiger partial charge in [0.1, 0.15) is 5.82 Å². The Hall–Kier alpha value is -3.94. The van der Waals surface area contributed by atoms with Gasteiger partial charge in [0.05, 0.1) is 24.4 Å². The van der Waals surface area contributed by atoms with Crippen LogP contribution in [0, 0.1) is 0 Å². The van der Waals surface area contributed by atoms with Crippen LogP contribution in [0.15, 0.2) is 59.4 Å². The molecule has 0 radical (unpaired) electrons. The van der Waals surface area contributed by atoms with Crippen LogP contribution in [0.25, 0.3) is 11.4 Å². The molecule has 0 bridgehead atoms. The molecule has 1 aliphatic rings. The third kappa shape index (κ3) is 4.69. The summed E-state index contributed by atoms with van der Waals surface area (Å²) in [6.07, 6.45) is 0.453. The lowest BCUT2D eigenvalue weighted by molar-refractivity contribution is 0.0526. The molecule has 2 N–H and O–H groups in total. The maximum absolute atomic E-state index is 12.7. The second-order valence-corrected chi connectivity index (χ2v) is 7.45. The number of urea groups is 1. The van der Waals surface area contributed by atoms with Crippen LogP contribution in [0.4, 0.5) is 4.79 Å². The van der Waals surface area contributed by atoms with E-state index in [-0.39, 0.29) is 24.1 Å². The van der Waals surface area contributed by atoms with Crippen LogP contribution in [0.2, 0.25) is 0 Å². The van der Waals surface area contributed by atoms with Crippen LogP contribution >= 0.6 is 0 Å². The van der Waals surface area contributed by atoms with Gasteiger partial charge in [-0.2, -0.15) is 0 Å². The highest BCUT2D eigenvalue weighted by Crippen LogP contribution is 2.18. The van der Waals surface area contributed by atoms with E-state index in [4.69, 9.17) is 4.74 Å². The molecule has 0 aliphatic carbocycles. The van der Waals surface area contributed by atoms with E-state index in [0.717, 1.165) is 11.1 Å². The Morgan fingerprint density at radius 3 is 2.59 bits per heavy atom. The van der Waals surface area contributed by atoms with Gasteiger partial charge < -0.3 is 19.9 Å². The van der Waals surface area contributed by atoms with Crippen molar-refractivity contribution in [2.24, 2.45) is 0 Å². The predicted octanol–water partition coefficient (Wildman–Crippen LogP) is 2.88. The number of ether oxygens (including phenoxy) is 1. The van der Waals surface area contributed by atoms with Gasteiger partial charge in [-0.3, -0.25) is 4.79 Å². The molecule has 3 aromatic rings. The number of hydrogen-bond acceptors (Lipinski definition) is 5.